The molecule has 0 saturated carbocycles. The summed E-state index contributed by atoms with van der Waals surface area (Å²) in [5.41, 5.74) is 3.54. The Labute approximate surface area is 120 Å². The molecule has 0 atom stereocenters. The van der Waals surface area contributed by atoms with Gasteiger partial charge < -0.3 is 10.0 Å². The molecule has 3 nitrogen and oxygen atoms in total. The van der Waals surface area contributed by atoms with E-state index in [0.29, 0.717) is 0 Å². The van der Waals surface area contributed by atoms with Crippen molar-refractivity contribution < 1.29 is 5.11 Å². The van der Waals surface area contributed by atoms with Gasteiger partial charge in [0.1, 0.15) is 0 Å². The van der Waals surface area contributed by atoms with Crippen LogP contribution < -0.4 is 4.90 Å². The molecule has 0 radical (unpaired) electrons. The second-order valence-corrected chi connectivity index (χ2v) is 5.62. The summed E-state index contributed by atoms with van der Waals surface area (Å²) in [6, 6.07) is 10.6. The number of anilines is 1. The number of aliphatic hydroxyl groups excluding tert-OH is 1. The minimum absolute atomic E-state index is 0.130. The Morgan fingerprint density at radius 3 is 2.75 bits per heavy atom. The monoisotopic (exact) mass is 270 g/mol. The molecule has 106 valence electrons. The molecule has 0 unspecified atom stereocenters. The molecule has 20 heavy (non-hydrogen) atoms. The highest BCUT2D eigenvalue weighted by Crippen LogP contribution is 2.29. The number of piperidine rings is 1. The molecule has 3 rings (SSSR count). The van der Waals surface area contributed by atoms with Gasteiger partial charge in [-0.05, 0) is 31.4 Å². The first-order valence-corrected chi connectivity index (χ1v) is 7.59. The van der Waals surface area contributed by atoms with Crippen LogP contribution in [0.2, 0.25) is 0 Å². The molecule has 1 fully saturated rings. The van der Waals surface area contributed by atoms with Crippen molar-refractivity contribution in [1.29, 1.82) is 0 Å². The van der Waals surface area contributed by atoms with Crippen molar-refractivity contribution in [3.8, 4) is 0 Å². The van der Waals surface area contributed by atoms with E-state index in [9.17, 15) is 5.11 Å². The van der Waals surface area contributed by atoms with Crippen LogP contribution in [0.5, 0.6) is 0 Å². The highest BCUT2D eigenvalue weighted by molar-refractivity contribution is 5.92. The van der Waals surface area contributed by atoms with Gasteiger partial charge in [-0.25, -0.2) is 0 Å². The van der Waals surface area contributed by atoms with Gasteiger partial charge in [-0.15, -0.1) is 0 Å². The first-order valence-electron chi connectivity index (χ1n) is 7.59. The molecule has 1 aliphatic heterocycles. The van der Waals surface area contributed by atoms with E-state index in [2.05, 4.69) is 42.2 Å². The smallest absolute Gasteiger partial charge is 0.0726 e. The maximum atomic E-state index is 9.69. The molecule has 1 aliphatic rings. The van der Waals surface area contributed by atoms with Crippen LogP contribution >= 0.6 is 0 Å². The zero-order chi connectivity index (χ0) is 13.9. The number of hydrogen-bond acceptors (Lipinski definition) is 3. The van der Waals surface area contributed by atoms with Gasteiger partial charge in [0.05, 0.1) is 11.6 Å². The normalized spacial score (nSPS) is 16.8. The molecular weight excluding hydrogens is 248 g/mol. The number of hydrogen-bond donors (Lipinski definition) is 1. The molecule has 0 aliphatic carbocycles. The van der Waals surface area contributed by atoms with Gasteiger partial charge in [-0.2, -0.15) is 0 Å². The molecular formula is C17H22N2O. The van der Waals surface area contributed by atoms with Gasteiger partial charge >= 0.3 is 0 Å². The Kier molecular flexibility index (Phi) is 3.88. The summed E-state index contributed by atoms with van der Waals surface area (Å²) < 4.78 is 0. The van der Waals surface area contributed by atoms with Crippen molar-refractivity contribution in [2.24, 2.45) is 0 Å². The van der Waals surface area contributed by atoms with E-state index in [1.165, 1.54) is 16.8 Å². The fourth-order valence-electron chi connectivity index (χ4n) is 2.96. The molecule has 1 aromatic heterocycles. The summed E-state index contributed by atoms with van der Waals surface area (Å²) >= 11 is 0. The van der Waals surface area contributed by atoms with Crippen LogP contribution in [-0.4, -0.2) is 29.3 Å². The van der Waals surface area contributed by atoms with Crippen LogP contribution in [0, 0.1) is 0 Å². The van der Waals surface area contributed by atoms with E-state index >= 15 is 0 Å². The third-order valence-corrected chi connectivity index (χ3v) is 4.06. The molecule has 1 N–H and O–H groups in total. The highest BCUT2D eigenvalue weighted by Gasteiger charge is 2.19. The Balaban J connectivity index is 2.03. The van der Waals surface area contributed by atoms with E-state index in [-0.39, 0.29) is 6.10 Å². The Bertz CT molecular complexity index is 589. The van der Waals surface area contributed by atoms with Gasteiger partial charge in [0.15, 0.2) is 0 Å². The van der Waals surface area contributed by atoms with Crippen molar-refractivity contribution in [2.75, 3.05) is 18.0 Å². The molecule has 0 bridgehead atoms. The number of pyridine rings is 1. The maximum absolute atomic E-state index is 9.69. The van der Waals surface area contributed by atoms with Crippen LogP contribution in [-0.2, 0) is 6.42 Å². The molecule has 1 aromatic carbocycles. The molecule has 3 heteroatoms. The van der Waals surface area contributed by atoms with Crippen molar-refractivity contribution in [3.05, 3.63) is 36.0 Å². The summed E-state index contributed by atoms with van der Waals surface area (Å²) in [6.07, 6.45) is 3.73. The zero-order valence-corrected chi connectivity index (χ0v) is 12.0. The van der Waals surface area contributed by atoms with Crippen molar-refractivity contribution in [2.45, 2.75) is 38.7 Å². The summed E-state index contributed by atoms with van der Waals surface area (Å²) in [7, 11) is 0. The van der Waals surface area contributed by atoms with Crippen molar-refractivity contribution in [3.63, 3.8) is 0 Å². The average Bonchev–Trinajstić information content (AvgIpc) is 2.48. The minimum atomic E-state index is -0.130. The summed E-state index contributed by atoms with van der Waals surface area (Å²) in [5.74, 6) is 0. The van der Waals surface area contributed by atoms with Crippen molar-refractivity contribution >= 4 is 16.6 Å². The molecule has 0 spiro atoms. The van der Waals surface area contributed by atoms with Gasteiger partial charge in [-0.3, -0.25) is 4.98 Å². The largest absolute Gasteiger partial charge is 0.393 e. The van der Waals surface area contributed by atoms with E-state index in [1.54, 1.807) is 0 Å². The minimum Gasteiger partial charge on any atom is -0.393 e. The van der Waals surface area contributed by atoms with E-state index in [0.717, 1.165) is 44.3 Å². The number of aromatic nitrogens is 1. The molecule has 0 amide bonds. The average molecular weight is 270 g/mol. The number of para-hydroxylation sites is 1. The lowest BCUT2D eigenvalue weighted by molar-refractivity contribution is 0.145. The topological polar surface area (TPSA) is 36.4 Å². The van der Waals surface area contributed by atoms with E-state index in [1.807, 2.05) is 0 Å². The molecule has 2 heterocycles. The molecule has 2 aromatic rings. The van der Waals surface area contributed by atoms with Gasteiger partial charge in [-0.1, -0.05) is 31.5 Å². The summed E-state index contributed by atoms with van der Waals surface area (Å²) in [6.45, 7) is 4.05. The van der Waals surface area contributed by atoms with Gasteiger partial charge in [0, 0.05) is 29.9 Å². The van der Waals surface area contributed by atoms with Crippen LogP contribution in [0.4, 0.5) is 5.69 Å². The third-order valence-electron chi connectivity index (χ3n) is 4.06. The third kappa shape index (κ3) is 2.63. The van der Waals surface area contributed by atoms with Crippen LogP contribution in [0.15, 0.2) is 30.3 Å². The number of fused-ring (bicyclic) bond motifs is 1. The standard InChI is InChI=1S/C17H22N2O/c1-2-5-13-12-17(19-10-8-14(20)9-11-19)15-6-3-4-7-16(15)18-13/h3-4,6-7,12,14,20H,2,5,8-11H2,1H3. The predicted octanol–water partition coefficient (Wildman–Crippen LogP) is 3.15. The number of benzene rings is 1. The number of aliphatic hydroxyl groups is 1. The Hall–Kier alpha value is -1.61. The second kappa shape index (κ2) is 5.80. The van der Waals surface area contributed by atoms with Gasteiger partial charge in [0.25, 0.3) is 0 Å². The Morgan fingerprint density at radius 2 is 2.00 bits per heavy atom. The maximum Gasteiger partial charge on any atom is 0.0726 e. The lowest BCUT2D eigenvalue weighted by atomic mass is 10.0. The lowest BCUT2D eigenvalue weighted by Gasteiger charge is -2.32. The first kappa shape index (κ1) is 13.4. The highest BCUT2D eigenvalue weighted by atomic mass is 16.3. The van der Waals surface area contributed by atoms with Gasteiger partial charge in [0.2, 0.25) is 0 Å². The Morgan fingerprint density at radius 1 is 1.25 bits per heavy atom. The van der Waals surface area contributed by atoms with Crippen molar-refractivity contribution in [1.82, 2.24) is 4.98 Å². The van der Waals surface area contributed by atoms with Crippen LogP contribution in [0.25, 0.3) is 10.9 Å². The quantitative estimate of drug-likeness (QED) is 0.930. The van der Waals surface area contributed by atoms with Crippen LogP contribution in [0.1, 0.15) is 31.9 Å². The fraction of sp³-hybridized carbons (Fsp3) is 0.471. The summed E-state index contributed by atoms with van der Waals surface area (Å²) in [4.78, 5) is 7.16. The predicted molar refractivity (Wildman–Crippen MR) is 83.2 cm³/mol. The van der Waals surface area contributed by atoms with E-state index in [4.69, 9.17) is 4.98 Å². The fourth-order valence-corrected chi connectivity index (χ4v) is 2.96. The SMILES string of the molecule is CCCc1cc(N2CCC(O)CC2)c2ccccc2n1. The van der Waals surface area contributed by atoms with Crippen LogP contribution in [0.3, 0.4) is 0 Å². The number of nitrogens with zero attached hydrogens (tertiary/aromatic N) is 2. The first-order chi connectivity index (χ1) is 9.78. The lowest BCUT2D eigenvalue weighted by Crippen LogP contribution is -2.36. The number of aryl methyl sites for hydroxylation is 1. The number of rotatable bonds is 3. The molecule has 1 saturated heterocycles. The van der Waals surface area contributed by atoms with E-state index < -0.39 is 0 Å². The second-order valence-electron chi connectivity index (χ2n) is 5.62. The zero-order valence-electron chi connectivity index (χ0n) is 12.0. The summed E-state index contributed by atoms with van der Waals surface area (Å²) in [5, 5.41) is 10.9.